The Bertz CT molecular complexity index is 1480. The largest absolute Gasteiger partial charge is 0.391 e. The fourth-order valence-corrected chi connectivity index (χ4v) is 5.25. The number of nitrogens with zero attached hydrogens (tertiary/aromatic N) is 7. The van der Waals surface area contributed by atoms with E-state index in [1.165, 1.54) is 28.0 Å². The fraction of sp³-hybridized carbons (Fsp3) is 0.407. The highest BCUT2D eigenvalue weighted by Crippen LogP contribution is 2.34. The van der Waals surface area contributed by atoms with E-state index in [0.717, 1.165) is 17.8 Å². The van der Waals surface area contributed by atoms with Crippen molar-refractivity contribution in [2.45, 2.75) is 44.6 Å². The normalized spacial score (nSPS) is 17.5. The summed E-state index contributed by atoms with van der Waals surface area (Å²) >= 11 is 0. The predicted molar refractivity (Wildman–Crippen MR) is 143 cm³/mol. The van der Waals surface area contributed by atoms with Crippen molar-refractivity contribution in [3.05, 3.63) is 88.6 Å². The van der Waals surface area contributed by atoms with Crippen LogP contribution in [-0.4, -0.2) is 83.0 Å². The van der Waals surface area contributed by atoms with Crippen LogP contribution in [0.5, 0.6) is 0 Å². The second-order valence-electron chi connectivity index (χ2n) is 10.2. The van der Waals surface area contributed by atoms with Crippen molar-refractivity contribution in [3.63, 3.8) is 0 Å². The molecule has 0 aliphatic carbocycles. The van der Waals surface area contributed by atoms with Gasteiger partial charge in [0.25, 0.3) is 0 Å². The first-order chi connectivity index (χ1) is 19.2. The number of aliphatic hydroxyl groups is 2. The number of H-pyrrole nitrogens is 1. The second kappa shape index (κ2) is 11.3. The third-order valence-electron chi connectivity index (χ3n) is 7.51. The number of halogens is 2. The van der Waals surface area contributed by atoms with E-state index in [4.69, 9.17) is 0 Å². The standard InChI is InChI=1S/C27H32F2N8O3/c1-18(38)15-37-26(39)36(17-32-37)22-6-4-21(5-7-22)35-11-9-34(10-12-35)19(2)27(40,14-25-30-16-31-33-25)23-8-3-20(28)13-24(23)29/h3-8,13,16-19,38,40H,9-12,14-15H2,1-2H3,(H,30,31,33)/t18?,19-,27+/m1/s1. The summed E-state index contributed by atoms with van der Waals surface area (Å²) in [7, 11) is 0. The van der Waals surface area contributed by atoms with Crippen molar-refractivity contribution in [2.24, 2.45) is 0 Å². The SMILES string of the molecule is CC(O)Cn1ncn(-c2ccc(N3CCN([C@H](C)[C@@](O)(Cc4nc[nH]n4)c4ccc(F)cc4F)CC3)cc2)c1=O. The maximum Gasteiger partial charge on any atom is 0.350 e. The molecule has 1 aliphatic heterocycles. The van der Waals surface area contributed by atoms with Crippen LogP contribution < -0.4 is 10.6 Å². The van der Waals surface area contributed by atoms with Crippen molar-refractivity contribution < 1.29 is 19.0 Å². The first-order valence-corrected chi connectivity index (χ1v) is 13.1. The van der Waals surface area contributed by atoms with E-state index in [-0.39, 0.29) is 24.2 Å². The molecule has 2 aromatic carbocycles. The smallest absolute Gasteiger partial charge is 0.350 e. The van der Waals surface area contributed by atoms with Gasteiger partial charge < -0.3 is 15.1 Å². The quantitative estimate of drug-likeness (QED) is 0.284. The first kappa shape index (κ1) is 27.6. The molecule has 3 atom stereocenters. The van der Waals surface area contributed by atoms with Gasteiger partial charge in [-0.3, -0.25) is 10.00 Å². The van der Waals surface area contributed by atoms with Crippen LogP contribution in [0.25, 0.3) is 5.69 Å². The van der Waals surface area contributed by atoms with E-state index in [0.29, 0.717) is 37.7 Å². The van der Waals surface area contributed by atoms with Gasteiger partial charge >= 0.3 is 5.69 Å². The second-order valence-corrected chi connectivity index (χ2v) is 10.2. The van der Waals surface area contributed by atoms with Gasteiger partial charge in [0.1, 0.15) is 29.9 Å². The minimum absolute atomic E-state index is 0.00349. The van der Waals surface area contributed by atoms with Crippen LogP contribution in [0.1, 0.15) is 25.2 Å². The van der Waals surface area contributed by atoms with Gasteiger partial charge in [-0.25, -0.2) is 27.8 Å². The van der Waals surface area contributed by atoms with Gasteiger partial charge in [0.2, 0.25) is 0 Å². The molecule has 13 heteroatoms. The molecule has 5 rings (SSSR count). The lowest BCUT2D eigenvalue weighted by atomic mass is 9.82. The number of benzene rings is 2. The van der Waals surface area contributed by atoms with Gasteiger partial charge in [-0.1, -0.05) is 6.07 Å². The Labute approximate surface area is 229 Å². The minimum Gasteiger partial charge on any atom is -0.391 e. The summed E-state index contributed by atoms with van der Waals surface area (Å²) in [6.07, 6.45) is 2.10. The topological polar surface area (TPSA) is 128 Å². The number of anilines is 1. The number of hydrogen-bond donors (Lipinski definition) is 3. The van der Waals surface area contributed by atoms with Gasteiger partial charge in [0.05, 0.1) is 18.3 Å². The van der Waals surface area contributed by atoms with E-state index >= 15 is 0 Å². The lowest BCUT2D eigenvalue weighted by Gasteiger charge is -2.45. The van der Waals surface area contributed by atoms with Gasteiger partial charge in [0.15, 0.2) is 5.82 Å². The molecular formula is C27H32F2N8O3. The predicted octanol–water partition coefficient (Wildman–Crippen LogP) is 1.45. The molecule has 11 nitrogen and oxygen atoms in total. The van der Waals surface area contributed by atoms with Crippen molar-refractivity contribution in [3.8, 4) is 5.69 Å². The van der Waals surface area contributed by atoms with Crippen molar-refractivity contribution in [1.29, 1.82) is 0 Å². The Morgan fingerprint density at radius 1 is 1.05 bits per heavy atom. The number of aliphatic hydroxyl groups excluding tert-OH is 1. The fourth-order valence-electron chi connectivity index (χ4n) is 5.25. The number of aromatic nitrogens is 6. The zero-order valence-electron chi connectivity index (χ0n) is 22.3. The number of piperazine rings is 1. The van der Waals surface area contributed by atoms with Gasteiger partial charge in [-0.15, -0.1) is 0 Å². The van der Waals surface area contributed by atoms with Crippen LogP contribution in [0, 0.1) is 11.6 Å². The summed E-state index contributed by atoms with van der Waals surface area (Å²) in [6.45, 7) is 6.03. The summed E-state index contributed by atoms with van der Waals surface area (Å²) in [5, 5.41) is 32.2. The molecule has 0 amide bonds. The van der Waals surface area contributed by atoms with E-state index in [1.807, 2.05) is 31.2 Å². The van der Waals surface area contributed by atoms with Crippen molar-refractivity contribution in [1.82, 2.24) is 34.4 Å². The molecule has 0 bridgehead atoms. The van der Waals surface area contributed by atoms with Gasteiger partial charge in [0, 0.05) is 56.0 Å². The van der Waals surface area contributed by atoms with Crippen LogP contribution in [0.15, 0.2) is 59.9 Å². The molecule has 1 saturated heterocycles. The van der Waals surface area contributed by atoms with Crippen molar-refractivity contribution >= 4 is 5.69 Å². The van der Waals surface area contributed by atoms with E-state index in [1.54, 1.807) is 6.92 Å². The lowest BCUT2D eigenvalue weighted by molar-refractivity contribution is -0.0513. The molecule has 3 heterocycles. The molecular weight excluding hydrogens is 522 g/mol. The molecule has 4 aromatic rings. The highest BCUT2D eigenvalue weighted by atomic mass is 19.1. The Kier molecular flexibility index (Phi) is 7.79. The molecule has 40 heavy (non-hydrogen) atoms. The number of nitrogens with one attached hydrogen (secondary N) is 1. The van der Waals surface area contributed by atoms with Gasteiger partial charge in [-0.05, 0) is 44.2 Å². The average molecular weight is 555 g/mol. The van der Waals surface area contributed by atoms with Crippen LogP contribution >= 0.6 is 0 Å². The summed E-state index contributed by atoms with van der Waals surface area (Å²) in [6, 6.07) is 10.2. The summed E-state index contributed by atoms with van der Waals surface area (Å²) in [5.74, 6) is -1.21. The van der Waals surface area contributed by atoms with Crippen LogP contribution in [0.4, 0.5) is 14.5 Å². The Morgan fingerprint density at radius 3 is 2.38 bits per heavy atom. The third-order valence-corrected chi connectivity index (χ3v) is 7.51. The monoisotopic (exact) mass is 554 g/mol. The molecule has 1 fully saturated rings. The molecule has 1 unspecified atom stereocenters. The van der Waals surface area contributed by atoms with Crippen LogP contribution in [0.3, 0.4) is 0 Å². The molecule has 0 radical (unpaired) electrons. The maximum absolute atomic E-state index is 14.9. The van der Waals surface area contributed by atoms with E-state index in [9.17, 15) is 23.8 Å². The number of rotatable bonds is 9. The maximum atomic E-state index is 14.9. The molecule has 0 spiro atoms. The van der Waals surface area contributed by atoms with E-state index in [2.05, 4.69) is 30.1 Å². The van der Waals surface area contributed by atoms with Crippen LogP contribution in [0.2, 0.25) is 0 Å². The number of aromatic amines is 1. The third kappa shape index (κ3) is 5.53. The Hall–Kier alpha value is -3.94. The zero-order chi connectivity index (χ0) is 28.4. The Morgan fingerprint density at radius 2 is 1.75 bits per heavy atom. The summed E-state index contributed by atoms with van der Waals surface area (Å²) in [4.78, 5) is 21.0. The van der Waals surface area contributed by atoms with Crippen molar-refractivity contribution in [2.75, 3.05) is 31.1 Å². The molecule has 1 aliphatic rings. The minimum atomic E-state index is -1.70. The number of hydrogen-bond acceptors (Lipinski definition) is 8. The lowest BCUT2D eigenvalue weighted by Crippen LogP contribution is -2.57. The van der Waals surface area contributed by atoms with Gasteiger partial charge in [-0.2, -0.15) is 10.2 Å². The summed E-state index contributed by atoms with van der Waals surface area (Å²) in [5.41, 5.74) is -0.394. The van der Waals surface area contributed by atoms with Crippen LogP contribution in [-0.2, 0) is 18.6 Å². The average Bonchev–Trinajstić information content (AvgIpc) is 3.57. The molecule has 0 saturated carbocycles. The molecule has 2 aromatic heterocycles. The highest BCUT2D eigenvalue weighted by molar-refractivity contribution is 5.51. The summed E-state index contributed by atoms with van der Waals surface area (Å²) < 4.78 is 31.2. The molecule has 212 valence electrons. The highest BCUT2D eigenvalue weighted by Gasteiger charge is 2.43. The Balaban J connectivity index is 1.29. The molecule has 3 N–H and O–H groups in total. The first-order valence-electron chi connectivity index (χ1n) is 13.1. The zero-order valence-corrected chi connectivity index (χ0v) is 22.3. The van der Waals surface area contributed by atoms with E-state index < -0.39 is 29.4 Å².